The maximum absolute atomic E-state index is 13.2. The lowest BCUT2D eigenvalue weighted by molar-refractivity contribution is -0.142. The van der Waals surface area contributed by atoms with Gasteiger partial charge in [-0.3, -0.25) is 0 Å². The third-order valence-electron chi connectivity index (χ3n) is 2.56. The Morgan fingerprint density at radius 3 is 2.60 bits per heavy atom. The van der Waals surface area contributed by atoms with Gasteiger partial charge in [0.05, 0.1) is 16.4 Å². The summed E-state index contributed by atoms with van der Waals surface area (Å²) < 4.78 is 26.0. The molecule has 0 N–H and O–H groups in total. The first-order valence-electron chi connectivity index (χ1n) is 6.26. The summed E-state index contributed by atoms with van der Waals surface area (Å²) in [7, 11) is 0. The third kappa shape index (κ3) is 3.41. The smallest absolute Gasteiger partial charge is 0.204 e. The van der Waals surface area contributed by atoms with Crippen molar-refractivity contribution in [2.24, 2.45) is 0 Å². The minimum Gasteiger partial charge on any atom is -0.347 e. The molecule has 0 spiro atoms. The minimum absolute atomic E-state index is 0.324. The van der Waals surface area contributed by atoms with Gasteiger partial charge >= 0.3 is 0 Å². The Kier molecular flexibility index (Phi) is 5.22. The summed E-state index contributed by atoms with van der Waals surface area (Å²) in [6.07, 6.45) is 1.16. The normalized spacial score (nSPS) is 11.2. The molecule has 2 aromatic rings. The molecule has 108 valence electrons. The van der Waals surface area contributed by atoms with Crippen LogP contribution >= 0.6 is 15.9 Å². The van der Waals surface area contributed by atoms with E-state index in [2.05, 4.69) is 26.2 Å². The molecule has 0 unspecified atom stereocenters. The molecule has 1 aromatic carbocycles. The Bertz CT molecular complexity index is 570. The minimum atomic E-state index is -0.539. The van der Waals surface area contributed by atoms with Gasteiger partial charge in [-0.25, -0.2) is 9.07 Å². The van der Waals surface area contributed by atoms with Crippen LogP contribution in [0.2, 0.25) is 0 Å². The van der Waals surface area contributed by atoms with Gasteiger partial charge in [-0.15, -0.1) is 5.10 Å². The van der Waals surface area contributed by atoms with Crippen LogP contribution in [0.5, 0.6) is 0 Å². The van der Waals surface area contributed by atoms with Gasteiger partial charge in [0.1, 0.15) is 11.5 Å². The SMILES string of the molecule is CCOC(OCC)c1cn(-c2ccc(F)c(Br)c2)nn1. The molecule has 0 radical (unpaired) electrons. The van der Waals surface area contributed by atoms with E-state index in [0.717, 1.165) is 0 Å². The topological polar surface area (TPSA) is 49.2 Å². The fourth-order valence-electron chi connectivity index (χ4n) is 1.66. The van der Waals surface area contributed by atoms with E-state index >= 15 is 0 Å². The third-order valence-corrected chi connectivity index (χ3v) is 3.16. The summed E-state index contributed by atoms with van der Waals surface area (Å²) in [6.45, 7) is 4.79. The highest BCUT2D eigenvalue weighted by Crippen LogP contribution is 2.21. The van der Waals surface area contributed by atoms with Gasteiger partial charge in [-0.2, -0.15) is 0 Å². The van der Waals surface area contributed by atoms with Crippen molar-refractivity contribution in [2.75, 3.05) is 13.2 Å². The zero-order chi connectivity index (χ0) is 14.5. The van der Waals surface area contributed by atoms with Crippen molar-refractivity contribution in [1.82, 2.24) is 15.0 Å². The van der Waals surface area contributed by atoms with E-state index in [-0.39, 0.29) is 5.82 Å². The highest BCUT2D eigenvalue weighted by molar-refractivity contribution is 9.10. The van der Waals surface area contributed by atoms with E-state index in [9.17, 15) is 4.39 Å². The molecule has 7 heteroatoms. The number of hydrogen-bond acceptors (Lipinski definition) is 4. The van der Waals surface area contributed by atoms with Crippen molar-refractivity contribution in [3.05, 3.63) is 40.4 Å². The summed E-state index contributed by atoms with van der Waals surface area (Å²) >= 11 is 3.14. The highest BCUT2D eigenvalue weighted by atomic mass is 79.9. The first-order chi connectivity index (χ1) is 9.65. The van der Waals surface area contributed by atoms with Crippen molar-refractivity contribution < 1.29 is 13.9 Å². The van der Waals surface area contributed by atoms with E-state index in [1.807, 2.05) is 13.8 Å². The maximum Gasteiger partial charge on any atom is 0.204 e. The van der Waals surface area contributed by atoms with Crippen LogP contribution < -0.4 is 0 Å². The Morgan fingerprint density at radius 1 is 1.30 bits per heavy atom. The van der Waals surface area contributed by atoms with Gasteiger partial charge in [0.15, 0.2) is 0 Å². The Balaban J connectivity index is 2.24. The molecule has 0 saturated heterocycles. The first kappa shape index (κ1) is 15.1. The van der Waals surface area contributed by atoms with E-state index in [0.29, 0.717) is 29.1 Å². The standard InChI is InChI=1S/C13H15BrFN3O2/c1-3-19-13(20-4-2)12-8-18(17-16-12)9-5-6-11(15)10(14)7-9/h5-8,13H,3-4H2,1-2H3. The molecule has 0 aliphatic heterocycles. The number of hydrogen-bond donors (Lipinski definition) is 0. The monoisotopic (exact) mass is 343 g/mol. The summed E-state index contributed by atoms with van der Waals surface area (Å²) in [4.78, 5) is 0. The van der Waals surface area contributed by atoms with Gasteiger partial charge < -0.3 is 9.47 Å². The average molecular weight is 344 g/mol. The average Bonchev–Trinajstić information content (AvgIpc) is 2.91. The van der Waals surface area contributed by atoms with E-state index in [1.54, 1.807) is 23.0 Å². The quantitative estimate of drug-likeness (QED) is 0.755. The molecule has 0 bridgehead atoms. The van der Waals surface area contributed by atoms with Crippen LogP contribution in [0.1, 0.15) is 25.8 Å². The molecule has 0 aliphatic carbocycles. The Labute approximate surface area is 124 Å². The van der Waals surface area contributed by atoms with Gasteiger partial charge in [0.25, 0.3) is 0 Å². The van der Waals surface area contributed by atoms with Crippen LogP contribution in [0.4, 0.5) is 4.39 Å². The molecule has 1 aromatic heterocycles. The molecule has 1 heterocycles. The van der Waals surface area contributed by atoms with Crippen molar-refractivity contribution in [3.63, 3.8) is 0 Å². The van der Waals surface area contributed by atoms with Gasteiger partial charge in [0.2, 0.25) is 6.29 Å². The van der Waals surface area contributed by atoms with Gasteiger partial charge in [-0.1, -0.05) is 5.21 Å². The Hall–Kier alpha value is -1.31. The number of rotatable bonds is 6. The zero-order valence-electron chi connectivity index (χ0n) is 11.2. The number of ether oxygens (including phenoxy) is 2. The number of aromatic nitrogens is 3. The molecule has 0 saturated carbocycles. The summed E-state index contributed by atoms with van der Waals surface area (Å²) in [5.74, 6) is -0.324. The molecular formula is C13H15BrFN3O2. The fraction of sp³-hybridized carbons (Fsp3) is 0.385. The second-order valence-corrected chi connectivity index (χ2v) is 4.78. The molecule has 0 atom stereocenters. The molecule has 5 nitrogen and oxygen atoms in total. The van der Waals surface area contributed by atoms with Crippen LogP contribution in [-0.4, -0.2) is 28.2 Å². The fourth-order valence-corrected chi connectivity index (χ4v) is 2.03. The molecule has 0 amide bonds. The lowest BCUT2D eigenvalue weighted by atomic mass is 10.3. The molecule has 20 heavy (non-hydrogen) atoms. The van der Waals surface area contributed by atoms with Crippen LogP contribution in [0, 0.1) is 5.82 Å². The van der Waals surface area contributed by atoms with Crippen molar-refractivity contribution in [3.8, 4) is 5.69 Å². The van der Waals surface area contributed by atoms with Crippen molar-refractivity contribution in [2.45, 2.75) is 20.1 Å². The number of nitrogens with zero attached hydrogens (tertiary/aromatic N) is 3. The van der Waals surface area contributed by atoms with Crippen molar-refractivity contribution in [1.29, 1.82) is 0 Å². The largest absolute Gasteiger partial charge is 0.347 e. The summed E-state index contributed by atoms with van der Waals surface area (Å²) in [6, 6.07) is 4.61. The second-order valence-electron chi connectivity index (χ2n) is 3.93. The van der Waals surface area contributed by atoms with Gasteiger partial charge in [-0.05, 0) is 48.0 Å². The van der Waals surface area contributed by atoms with E-state index < -0.39 is 6.29 Å². The summed E-state index contributed by atoms with van der Waals surface area (Å²) in [5, 5.41) is 8.04. The zero-order valence-corrected chi connectivity index (χ0v) is 12.8. The molecule has 0 fully saturated rings. The molecule has 2 rings (SSSR count). The van der Waals surface area contributed by atoms with Crippen LogP contribution in [0.25, 0.3) is 5.69 Å². The Morgan fingerprint density at radius 2 is 2.00 bits per heavy atom. The predicted molar refractivity (Wildman–Crippen MR) is 75.0 cm³/mol. The second kappa shape index (κ2) is 6.92. The highest BCUT2D eigenvalue weighted by Gasteiger charge is 2.16. The van der Waals surface area contributed by atoms with E-state index in [4.69, 9.17) is 9.47 Å². The van der Waals surface area contributed by atoms with Crippen LogP contribution in [0.3, 0.4) is 0 Å². The number of halogens is 2. The number of benzene rings is 1. The maximum atomic E-state index is 13.2. The van der Waals surface area contributed by atoms with Crippen LogP contribution in [-0.2, 0) is 9.47 Å². The predicted octanol–water partition coefficient (Wildman–Crippen LogP) is 3.24. The van der Waals surface area contributed by atoms with Gasteiger partial charge in [0, 0.05) is 13.2 Å². The first-order valence-corrected chi connectivity index (χ1v) is 7.05. The van der Waals surface area contributed by atoms with Crippen molar-refractivity contribution >= 4 is 15.9 Å². The van der Waals surface area contributed by atoms with E-state index in [1.165, 1.54) is 6.07 Å². The lowest BCUT2D eigenvalue weighted by Gasteiger charge is -2.13. The van der Waals surface area contributed by atoms with Crippen LogP contribution in [0.15, 0.2) is 28.9 Å². The molecular weight excluding hydrogens is 329 g/mol. The molecule has 0 aliphatic rings. The summed E-state index contributed by atoms with van der Waals surface area (Å²) in [5.41, 5.74) is 1.28. The lowest BCUT2D eigenvalue weighted by Crippen LogP contribution is -2.09.